The summed E-state index contributed by atoms with van der Waals surface area (Å²) in [4.78, 5) is 20.4. The van der Waals surface area contributed by atoms with Crippen LogP contribution in [0.2, 0.25) is 0 Å². The summed E-state index contributed by atoms with van der Waals surface area (Å²) in [6, 6.07) is 7.80. The monoisotopic (exact) mass is 464 g/mol. The molecule has 1 N–H and O–H groups in total. The van der Waals surface area contributed by atoms with Crippen molar-refractivity contribution >= 4 is 18.4 Å². The van der Waals surface area contributed by atoms with Crippen molar-refractivity contribution in [2.45, 2.75) is 68.5 Å². The van der Waals surface area contributed by atoms with E-state index in [-0.39, 0.29) is 35.3 Å². The lowest BCUT2D eigenvalue weighted by Gasteiger charge is -2.51. The van der Waals surface area contributed by atoms with Gasteiger partial charge in [-0.1, -0.05) is 12.1 Å². The Bertz CT molecular complexity index is 816. The second kappa shape index (κ2) is 9.11. The third-order valence-corrected chi connectivity index (χ3v) is 8.63. The zero-order valence-electron chi connectivity index (χ0n) is 19.5. The Hall–Kier alpha value is -1.37. The number of halogens is 2. The molecule has 0 unspecified atom stereocenters. The van der Waals surface area contributed by atoms with E-state index in [1.165, 1.54) is 18.9 Å². The molecular weight excluding hydrogens is 427 g/mol. The van der Waals surface area contributed by atoms with Crippen LogP contribution in [0.4, 0.5) is 9.18 Å². The Morgan fingerprint density at radius 1 is 1.09 bits per heavy atom. The number of urea groups is 1. The smallest absolute Gasteiger partial charge is 0.319 e. The molecule has 2 amide bonds. The van der Waals surface area contributed by atoms with Crippen LogP contribution in [0.15, 0.2) is 24.3 Å². The minimum Gasteiger partial charge on any atom is -0.319 e. The lowest BCUT2D eigenvalue weighted by molar-refractivity contribution is 0.0224. The van der Waals surface area contributed by atoms with Crippen LogP contribution in [0.25, 0.3) is 0 Å². The van der Waals surface area contributed by atoms with Gasteiger partial charge in [0.2, 0.25) is 0 Å². The van der Waals surface area contributed by atoms with E-state index in [1.807, 2.05) is 6.07 Å². The number of carbonyl (C=O) groups is 1. The average Bonchev–Trinajstić information content (AvgIpc) is 3.56. The van der Waals surface area contributed by atoms with Gasteiger partial charge in [0.15, 0.2) is 0 Å². The molecule has 2 saturated carbocycles. The van der Waals surface area contributed by atoms with E-state index in [0.29, 0.717) is 12.0 Å². The van der Waals surface area contributed by atoms with Gasteiger partial charge in [0, 0.05) is 24.7 Å². The first kappa shape index (κ1) is 23.8. The van der Waals surface area contributed by atoms with Crippen LogP contribution >= 0.6 is 12.4 Å². The quantitative estimate of drug-likeness (QED) is 0.709. The van der Waals surface area contributed by atoms with Crippen LogP contribution in [-0.2, 0) is 5.54 Å². The van der Waals surface area contributed by atoms with E-state index in [9.17, 15) is 9.18 Å². The fourth-order valence-corrected chi connectivity index (χ4v) is 6.39. The highest BCUT2D eigenvalue weighted by molar-refractivity contribution is 5.85. The summed E-state index contributed by atoms with van der Waals surface area (Å²) >= 11 is 0. The minimum absolute atomic E-state index is 0. The van der Waals surface area contributed by atoms with Gasteiger partial charge >= 0.3 is 6.03 Å². The van der Waals surface area contributed by atoms with Gasteiger partial charge in [-0.3, -0.25) is 4.90 Å². The zero-order valence-corrected chi connectivity index (χ0v) is 20.3. The Morgan fingerprint density at radius 3 is 2.38 bits per heavy atom. The molecule has 32 heavy (non-hydrogen) atoms. The Labute approximate surface area is 198 Å². The van der Waals surface area contributed by atoms with Crippen LogP contribution in [0.1, 0.15) is 56.9 Å². The van der Waals surface area contributed by atoms with Crippen LogP contribution in [0, 0.1) is 11.7 Å². The van der Waals surface area contributed by atoms with Gasteiger partial charge in [-0.05, 0) is 102 Å². The van der Waals surface area contributed by atoms with E-state index in [1.54, 1.807) is 6.07 Å². The maximum absolute atomic E-state index is 14.1. The Morgan fingerprint density at radius 2 is 1.78 bits per heavy atom. The number of rotatable bonds is 5. The number of carbonyl (C=O) groups excluding carboxylic acids is 1. The number of amides is 2. The molecule has 178 valence electrons. The van der Waals surface area contributed by atoms with Crippen LogP contribution in [0.3, 0.4) is 0 Å². The molecular formula is C25H38ClFN4O. The van der Waals surface area contributed by atoms with Gasteiger partial charge in [-0.25, -0.2) is 9.18 Å². The topological polar surface area (TPSA) is 38.8 Å². The van der Waals surface area contributed by atoms with Gasteiger partial charge in [0.25, 0.3) is 0 Å². The van der Waals surface area contributed by atoms with E-state index >= 15 is 0 Å². The van der Waals surface area contributed by atoms with E-state index in [4.69, 9.17) is 0 Å². The highest BCUT2D eigenvalue weighted by Crippen LogP contribution is 2.50. The first-order chi connectivity index (χ1) is 14.9. The van der Waals surface area contributed by atoms with Gasteiger partial charge in [0.05, 0.1) is 5.54 Å². The van der Waals surface area contributed by atoms with Gasteiger partial charge in [-0.15, -0.1) is 12.4 Å². The molecule has 1 aromatic rings. The lowest BCUT2D eigenvalue weighted by Crippen LogP contribution is -2.55. The van der Waals surface area contributed by atoms with Gasteiger partial charge in [-0.2, -0.15) is 0 Å². The maximum atomic E-state index is 14.1. The molecule has 2 heterocycles. The molecule has 5 rings (SSSR count). The molecule has 4 aliphatic rings. The fourth-order valence-electron chi connectivity index (χ4n) is 6.39. The Balaban J connectivity index is 0.00000245. The molecule has 0 atom stereocenters. The lowest BCUT2D eigenvalue weighted by atomic mass is 9.68. The second-order valence-corrected chi connectivity index (χ2v) is 10.6. The van der Waals surface area contributed by atoms with Crippen molar-refractivity contribution < 1.29 is 9.18 Å². The summed E-state index contributed by atoms with van der Waals surface area (Å²) < 4.78 is 14.1. The molecule has 2 aliphatic carbocycles. The fraction of sp³-hybridized carbons (Fsp3) is 0.720. The van der Waals surface area contributed by atoms with Crippen molar-refractivity contribution in [2.24, 2.45) is 5.92 Å². The molecule has 7 heteroatoms. The molecule has 0 aromatic heterocycles. The number of piperidine rings is 1. The highest BCUT2D eigenvalue weighted by Gasteiger charge is 2.56. The molecule has 5 nitrogen and oxygen atoms in total. The van der Waals surface area contributed by atoms with Crippen molar-refractivity contribution in [3.63, 3.8) is 0 Å². The second-order valence-electron chi connectivity index (χ2n) is 10.6. The predicted octanol–water partition coefficient (Wildman–Crippen LogP) is 4.22. The Kier molecular flexibility index (Phi) is 6.77. The summed E-state index contributed by atoms with van der Waals surface area (Å²) in [5.74, 6) is 0.528. The van der Waals surface area contributed by atoms with Crippen molar-refractivity contribution in [3.05, 3.63) is 35.6 Å². The number of benzene rings is 1. The summed E-state index contributed by atoms with van der Waals surface area (Å²) in [5, 5.41) is 3.44. The molecule has 1 aromatic carbocycles. The van der Waals surface area contributed by atoms with Crippen LogP contribution in [-0.4, -0.2) is 72.6 Å². The number of hydrogen-bond acceptors (Lipinski definition) is 3. The first-order valence-corrected chi connectivity index (χ1v) is 12.2. The largest absolute Gasteiger partial charge is 0.320 e. The van der Waals surface area contributed by atoms with Crippen molar-refractivity contribution in [2.75, 3.05) is 40.3 Å². The normalized spacial score (nSPS) is 31.4. The van der Waals surface area contributed by atoms with E-state index < -0.39 is 0 Å². The summed E-state index contributed by atoms with van der Waals surface area (Å²) in [6.45, 7) is 3.81. The standard InChI is InChI=1S/C25H37FN4O.ClH/c1-28(2)25(20-4-3-5-21(26)16-20)12-10-24(11-13-25)18-29(22-8-14-27-15-9-22)23(31)30(24)17-19-6-7-19;/h3-5,16,19,22,27H,6-15,17-18H2,1-2H3;1H. The SMILES string of the molecule is CN(C)C1(c2cccc(F)c2)CCC2(CC1)CN(C1CCNCC1)C(=O)N2CC1CC1.Cl. The van der Waals surface area contributed by atoms with Crippen LogP contribution in [0.5, 0.6) is 0 Å². The third-order valence-electron chi connectivity index (χ3n) is 8.63. The molecule has 1 spiro atoms. The van der Waals surface area contributed by atoms with Crippen molar-refractivity contribution in [3.8, 4) is 0 Å². The number of nitrogens with zero attached hydrogens (tertiary/aromatic N) is 3. The van der Waals surface area contributed by atoms with Gasteiger partial charge < -0.3 is 15.1 Å². The molecule has 0 bridgehead atoms. The average molecular weight is 465 g/mol. The van der Waals surface area contributed by atoms with E-state index in [0.717, 1.165) is 70.3 Å². The third kappa shape index (κ3) is 4.14. The van der Waals surface area contributed by atoms with Crippen molar-refractivity contribution in [1.29, 1.82) is 0 Å². The summed E-state index contributed by atoms with van der Waals surface area (Å²) in [7, 11) is 4.23. The summed E-state index contributed by atoms with van der Waals surface area (Å²) in [5.41, 5.74) is 0.849. The predicted molar refractivity (Wildman–Crippen MR) is 128 cm³/mol. The van der Waals surface area contributed by atoms with Crippen LogP contribution < -0.4 is 5.32 Å². The van der Waals surface area contributed by atoms with Crippen molar-refractivity contribution in [1.82, 2.24) is 20.0 Å². The summed E-state index contributed by atoms with van der Waals surface area (Å²) in [6.07, 6.45) is 8.53. The first-order valence-electron chi connectivity index (χ1n) is 12.2. The molecule has 2 aliphatic heterocycles. The molecule has 2 saturated heterocycles. The van der Waals surface area contributed by atoms with Gasteiger partial charge in [0.1, 0.15) is 5.82 Å². The van der Waals surface area contributed by atoms with E-state index in [2.05, 4.69) is 40.2 Å². The molecule has 0 radical (unpaired) electrons. The number of hydrogen-bond donors (Lipinski definition) is 1. The maximum Gasteiger partial charge on any atom is 0.320 e. The molecule has 4 fully saturated rings. The minimum atomic E-state index is -0.164. The highest BCUT2D eigenvalue weighted by atomic mass is 35.5. The number of nitrogens with one attached hydrogen (secondary N) is 1. The zero-order chi connectivity index (χ0) is 21.6.